The number of carboxylic acid groups (broad SMARTS) is 1. The topological polar surface area (TPSA) is 115 Å². The largest absolute Gasteiger partial charge is 0.481 e. The number of hydrogen-bond acceptors (Lipinski definition) is 4. The second-order valence-corrected chi connectivity index (χ2v) is 13.1. The highest BCUT2D eigenvalue weighted by atomic mass is 35.5. The molecule has 0 aromatic rings. The van der Waals surface area contributed by atoms with Crippen molar-refractivity contribution in [2.45, 2.75) is 118 Å². The lowest BCUT2D eigenvalue weighted by Crippen LogP contribution is -2.19. The first-order valence-electron chi connectivity index (χ1n) is 19.7. The Bertz CT molecular complexity index is 1270. The molecule has 3 N–H and O–H groups in total. The van der Waals surface area contributed by atoms with Gasteiger partial charge in [-0.05, 0) is 113 Å². The molecule has 1 amide bonds. The Morgan fingerprint density at radius 1 is 0.411 bits per heavy atom. The van der Waals surface area contributed by atoms with Gasteiger partial charge in [-0.15, -0.1) is 0 Å². The Hall–Kier alpha value is -4.26. The normalized spacial score (nSPS) is 13.6. The first-order valence-corrected chi connectivity index (χ1v) is 20.5. The van der Waals surface area contributed by atoms with E-state index in [0.29, 0.717) is 6.42 Å². The highest BCUT2D eigenvalue weighted by molar-refractivity contribution is 6.97. The number of primary amides is 1. The molecule has 0 fully saturated rings. The summed E-state index contributed by atoms with van der Waals surface area (Å²) in [5, 5.41) is 6.48. The summed E-state index contributed by atoms with van der Waals surface area (Å²) in [5.74, 6) is -1.35. The summed E-state index contributed by atoms with van der Waals surface area (Å²) in [6, 6.07) is 0. The summed E-state index contributed by atoms with van der Waals surface area (Å²) in [6.45, 7) is 7.87. The number of carbonyl (C=O) groups is 4. The highest BCUT2D eigenvalue weighted by Crippen LogP contribution is 2.04. The maximum atomic E-state index is 10.9. The molecule has 0 heterocycles. The first-order chi connectivity index (χ1) is 27.0. The van der Waals surface area contributed by atoms with Crippen molar-refractivity contribution in [1.82, 2.24) is 0 Å². The van der Waals surface area contributed by atoms with Gasteiger partial charge in [0.15, 0.2) is 0 Å². The van der Waals surface area contributed by atoms with Gasteiger partial charge < -0.3 is 10.8 Å². The Labute approximate surface area is 349 Å². The summed E-state index contributed by atoms with van der Waals surface area (Å²) in [7, 11) is 0. The molecule has 0 aliphatic carbocycles. The Morgan fingerprint density at radius 2 is 0.607 bits per heavy atom. The predicted octanol–water partition coefficient (Wildman–Crippen LogP) is 13.5. The summed E-state index contributed by atoms with van der Waals surface area (Å²) >= 11 is 8.98. The van der Waals surface area contributed by atoms with Crippen LogP contribution in [0.5, 0.6) is 0 Å². The molecular formula is C48H69Cl2NO5. The monoisotopic (exact) mass is 809 g/mol. The van der Waals surface area contributed by atoms with Crippen LogP contribution in [0.2, 0.25) is 0 Å². The zero-order chi connectivity index (χ0) is 42.3. The zero-order valence-corrected chi connectivity index (χ0v) is 35.8. The van der Waals surface area contributed by atoms with Crippen LogP contribution in [0, 0.1) is 11.8 Å². The number of hydrogen-bond donors (Lipinski definition) is 2. The zero-order valence-electron chi connectivity index (χ0n) is 34.3. The quantitative estimate of drug-likeness (QED) is 0.0443. The molecule has 8 heteroatoms. The van der Waals surface area contributed by atoms with Gasteiger partial charge in [-0.2, -0.15) is 0 Å². The average Bonchev–Trinajstić information content (AvgIpc) is 3.17. The molecule has 0 bridgehead atoms. The van der Waals surface area contributed by atoms with Crippen molar-refractivity contribution in [3.63, 3.8) is 0 Å². The number of carbonyl (C=O) groups excluding carboxylic acids is 3. The highest BCUT2D eigenvalue weighted by Gasteiger charge is 2.07. The van der Waals surface area contributed by atoms with Gasteiger partial charge in [0.25, 0.3) is 0 Å². The Balaban J connectivity index is -0.000000874. The van der Waals surface area contributed by atoms with Gasteiger partial charge in [0.1, 0.15) is 0 Å². The van der Waals surface area contributed by atoms with E-state index in [1.165, 1.54) is 0 Å². The van der Waals surface area contributed by atoms with Crippen LogP contribution < -0.4 is 5.73 Å². The van der Waals surface area contributed by atoms with E-state index in [-0.39, 0.29) is 17.7 Å². The molecule has 0 aliphatic rings. The molecule has 6 nitrogen and oxygen atoms in total. The molecule has 0 saturated carbocycles. The lowest BCUT2D eigenvalue weighted by Gasteiger charge is -2.00. The van der Waals surface area contributed by atoms with Crippen LogP contribution >= 0.6 is 23.2 Å². The summed E-state index contributed by atoms with van der Waals surface area (Å²) in [5.41, 5.74) is 5.21. The van der Waals surface area contributed by atoms with Crippen molar-refractivity contribution in [1.29, 1.82) is 0 Å². The Morgan fingerprint density at radius 3 is 0.786 bits per heavy atom. The van der Waals surface area contributed by atoms with Gasteiger partial charge in [-0.25, -0.2) is 0 Å². The molecule has 0 spiro atoms. The number of carboxylic acids is 1. The molecule has 0 saturated heterocycles. The van der Waals surface area contributed by atoms with Crippen LogP contribution in [-0.2, 0) is 19.2 Å². The lowest BCUT2D eigenvalue weighted by molar-refractivity contribution is -0.141. The fourth-order valence-corrected chi connectivity index (χ4v) is 3.86. The third kappa shape index (κ3) is 51.8. The van der Waals surface area contributed by atoms with E-state index in [0.717, 1.165) is 83.5 Å². The fourth-order valence-electron chi connectivity index (χ4n) is 3.86. The predicted molar refractivity (Wildman–Crippen MR) is 243 cm³/mol. The van der Waals surface area contributed by atoms with Crippen molar-refractivity contribution < 1.29 is 24.3 Å². The molecule has 0 aliphatic heterocycles. The minimum atomic E-state index is -1.14. The maximum Gasteiger partial charge on any atom is 0.306 e. The average molecular weight is 811 g/mol. The minimum absolute atomic E-state index is 0.0791. The molecule has 0 radical (unpaired) electrons. The first kappa shape index (κ1) is 56.1. The summed E-state index contributed by atoms with van der Waals surface area (Å²) in [6.07, 6.45) is 65.0. The molecular weight excluding hydrogens is 741 g/mol. The van der Waals surface area contributed by atoms with Crippen molar-refractivity contribution in [2.24, 2.45) is 17.6 Å². The maximum absolute atomic E-state index is 10.9. The number of nitrogens with two attached hydrogens (primary N) is 1. The summed E-state index contributed by atoms with van der Waals surface area (Å²) < 4.78 is 0. The van der Waals surface area contributed by atoms with Gasteiger partial charge in [-0.3, -0.25) is 19.2 Å². The Kier molecular flexibility index (Phi) is 47.0. The smallest absolute Gasteiger partial charge is 0.306 e. The van der Waals surface area contributed by atoms with Gasteiger partial charge in [-0.1, -0.05) is 174 Å². The van der Waals surface area contributed by atoms with E-state index in [1.54, 1.807) is 6.92 Å². The van der Waals surface area contributed by atoms with E-state index in [1.807, 2.05) is 25.2 Å². The number of allylic oxidation sites excluding steroid dienone is 24. The molecule has 2 unspecified atom stereocenters. The third-order valence-electron chi connectivity index (χ3n) is 7.23. The van der Waals surface area contributed by atoms with Crippen LogP contribution in [0.4, 0.5) is 0 Å². The van der Waals surface area contributed by atoms with Gasteiger partial charge in [0.05, 0.1) is 5.92 Å². The van der Waals surface area contributed by atoms with Crippen LogP contribution in [0.25, 0.3) is 0 Å². The van der Waals surface area contributed by atoms with Crippen molar-refractivity contribution in [3.8, 4) is 0 Å². The second-order valence-electron chi connectivity index (χ2n) is 12.4. The number of aliphatic carboxylic acids is 1. The molecule has 56 heavy (non-hydrogen) atoms. The van der Waals surface area contributed by atoms with E-state index in [2.05, 4.69) is 165 Å². The molecule has 310 valence electrons. The van der Waals surface area contributed by atoms with E-state index >= 15 is 0 Å². The SMILES string of the molecule is CC/C=C\C/C=C\C/C=C\C/C=C\C/C=C\C/C=C\CC(C)C(=O)O.CC/C=C\C/C=C\C/C=C\C/C=C\C/C=C\C/C=C\CC(C)C(N)=O.O=C(Cl)C(=O)Cl. The van der Waals surface area contributed by atoms with Gasteiger partial charge in [0.2, 0.25) is 5.91 Å². The van der Waals surface area contributed by atoms with E-state index in [9.17, 15) is 19.2 Å². The lowest BCUT2D eigenvalue weighted by atomic mass is 10.1. The molecule has 0 aromatic carbocycles. The molecule has 0 rings (SSSR count). The van der Waals surface area contributed by atoms with Crippen LogP contribution in [0.15, 0.2) is 146 Å². The summed E-state index contributed by atoms with van der Waals surface area (Å²) in [4.78, 5) is 40.4. The van der Waals surface area contributed by atoms with Crippen molar-refractivity contribution >= 4 is 45.6 Å². The van der Waals surface area contributed by atoms with Crippen LogP contribution in [0.1, 0.15) is 118 Å². The van der Waals surface area contributed by atoms with Crippen LogP contribution in [0.3, 0.4) is 0 Å². The fraction of sp³-hybridized carbons (Fsp3) is 0.417. The second kappa shape index (κ2) is 46.9. The number of halogens is 2. The van der Waals surface area contributed by atoms with Gasteiger partial charge in [0, 0.05) is 5.92 Å². The van der Waals surface area contributed by atoms with E-state index < -0.39 is 16.5 Å². The van der Waals surface area contributed by atoms with Gasteiger partial charge >= 0.3 is 16.5 Å². The standard InChI is InChI=1S/C23H35NO.C23H34O2.C2Cl2O2/c2*1-3-4-5-6-7-8-9-10-11-12-13-14-15-16-17-18-19-20-21-22(2)23(24)25;3-1(5)2(4)6/h4-5,7-8,10-11,13-14,16-17,19-20,22H,3,6,9,12,15,18,21H2,1-2H3,(H2,24,25);4-5,7-8,10-11,13-14,16-17,19-20,22H,3,6,9,12,15,18,21H2,1-2H3,(H,24,25);/b2*5-4-,8-7-,11-10-,14-13-,17-16-,20-19-;. The van der Waals surface area contributed by atoms with E-state index in [4.69, 9.17) is 10.8 Å². The molecule has 2 atom stereocenters. The van der Waals surface area contributed by atoms with Crippen LogP contribution in [-0.4, -0.2) is 27.5 Å². The number of rotatable bonds is 29. The van der Waals surface area contributed by atoms with Crippen molar-refractivity contribution in [3.05, 3.63) is 146 Å². The third-order valence-corrected chi connectivity index (χ3v) is 7.67. The molecule has 0 aromatic heterocycles. The minimum Gasteiger partial charge on any atom is -0.481 e. The number of amides is 1. The van der Waals surface area contributed by atoms with Crippen molar-refractivity contribution in [2.75, 3.05) is 0 Å².